The molecule has 2 rings (SSSR count). The predicted molar refractivity (Wildman–Crippen MR) is 71.5 cm³/mol. The van der Waals surface area contributed by atoms with Crippen LogP contribution >= 0.6 is 0 Å². The number of hydrogen-bond acceptors (Lipinski definition) is 3. The largest absolute Gasteiger partial charge is 0.508 e. The molecule has 4 nitrogen and oxygen atoms in total. The second-order valence-corrected chi connectivity index (χ2v) is 5.03. The van der Waals surface area contributed by atoms with Gasteiger partial charge in [0.15, 0.2) is 0 Å². The molecule has 0 aliphatic heterocycles. The van der Waals surface area contributed by atoms with Gasteiger partial charge in [0.05, 0.1) is 6.07 Å². The summed E-state index contributed by atoms with van der Waals surface area (Å²) in [5, 5.41) is 21.3. The molecule has 0 bridgehead atoms. The van der Waals surface area contributed by atoms with Crippen LogP contribution in [0, 0.1) is 17.2 Å². The Hall–Kier alpha value is -2.02. The van der Waals surface area contributed by atoms with E-state index in [1.165, 1.54) is 18.6 Å². The lowest BCUT2D eigenvalue weighted by Crippen LogP contribution is -2.40. The van der Waals surface area contributed by atoms with Crippen molar-refractivity contribution in [3.8, 4) is 11.8 Å². The third-order valence-electron chi connectivity index (χ3n) is 3.66. The average molecular weight is 258 g/mol. The summed E-state index contributed by atoms with van der Waals surface area (Å²) in [5.41, 5.74) is 0.385. The molecular weight excluding hydrogens is 240 g/mol. The number of benzene rings is 1. The second kappa shape index (κ2) is 6.24. The Balaban J connectivity index is 2.02. The molecule has 4 heteroatoms. The number of amides is 1. The maximum Gasteiger partial charge on any atom is 0.252 e. The molecule has 0 aromatic heterocycles. The molecule has 100 valence electrons. The second-order valence-electron chi connectivity index (χ2n) is 5.03. The molecule has 1 atom stereocenters. The lowest BCUT2D eigenvalue weighted by molar-refractivity contribution is 0.0928. The summed E-state index contributed by atoms with van der Waals surface area (Å²) in [4.78, 5) is 12.0. The van der Waals surface area contributed by atoms with E-state index < -0.39 is 6.04 Å². The summed E-state index contributed by atoms with van der Waals surface area (Å²) in [6.45, 7) is 0. The van der Waals surface area contributed by atoms with Crippen LogP contribution in [0.5, 0.6) is 5.75 Å². The van der Waals surface area contributed by atoms with Crippen LogP contribution in [0.3, 0.4) is 0 Å². The number of nitriles is 1. The zero-order chi connectivity index (χ0) is 13.7. The quantitative estimate of drug-likeness (QED) is 0.875. The van der Waals surface area contributed by atoms with Gasteiger partial charge >= 0.3 is 0 Å². The molecule has 0 spiro atoms. The zero-order valence-electron chi connectivity index (χ0n) is 10.8. The number of phenols is 1. The molecule has 19 heavy (non-hydrogen) atoms. The number of rotatable bonds is 3. The molecule has 1 aromatic carbocycles. The van der Waals surface area contributed by atoms with Gasteiger partial charge in [-0.1, -0.05) is 25.3 Å². The number of nitrogens with zero attached hydrogens (tertiary/aromatic N) is 1. The molecule has 1 unspecified atom stereocenters. The lowest BCUT2D eigenvalue weighted by atomic mass is 9.84. The number of phenolic OH excluding ortho intramolecular Hbond substituents is 1. The van der Waals surface area contributed by atoms with Crippen molar-refractivity contribution >= 4 is 5.91 Å². The number of hydrogen-bond donors (Lipinski definition) is 2. The Kier molecular flexibility index (Phi) is 4.40. The molecule has 0 saturated heterocycles. The highest BCUT2D eigenvalue weighted by atomic mass is 16.3. The smallest absolute Gasteiger partial charge is 0.252 e. The van der Waals surface area contributed by atoms with Crippen molar-refractivity contribution in [2.75, 3.05) is 0 Å². The van der Waals surface area contributed by atoms with Crippen LogP contribution in [0.2, 0.25) is 0 Å². The summed E-state index contributed by atoms with van der Waals surface area (Å²) in [6, 6.07) is 7.93. The highest BCUT2D eigenvalue weighted by Gasteiger charge is 2.25. The molecule has 1 aromatic rings. The van der Waals surface area contributed by atoms with Crippen LogP contribution in [0.25, 0.3) is 0 Å². The van der Waals surface area contributed by atoms with Gasteiger partial charge in [0.1, 0.15) is 11.8 Å². The Morgan fingerprint density at radius 2 is 2.11 bits per heavy atom. The highest BCUT2D eigenvalue weighted by molar-refractivity contribution is 5.94. The zero-order valence-corrected chi connectivity index (χ0v) is 10.8. The predicted octanol–water partition coefficient (Wildman–Crippen LogP) is 2.59. The van der Waals surface area contributed by atoms with Crippen LogP contribution in [0.15, 0.2) is 24.3 Å². The number of carbonyl (C=O) groups is 1. The first kappa shape index (κ1) is 13.4. The van der Waals surface area contributed by atoms with Crippen LogP contribution in [-0.4, -0.2) is 17.1 Å². The van der Waals surface area contributed by atoms with Gasteiger partial charge in [0.2, 0.25) is 0 Å². The minimum Gasteiger partial charge on any atom is -0.508 e. The lowest BCUT2D eigenvalue weighted by Gasteiger charge is -2.26. The molecule has 0 heterocycles. The van der Waals surface area contributed by atoms with Crippen molar-refractivity contribution in [3.05, 3.63) is 29.8 Å². The van der Waals surface area contributed by atoms with Crippen molar-refractivity contribution in [2.24, 2.45) is 5.92 Å². The maximum atomic E-state index is 12.0. The summed E-state index contributed by atoms with van der Waals surface area (Å²) >= 11 is 0. The molecule has 1 fully saturated rings. The average Bonchev–Trinajstić information content (AvgIpc) is 2.45. The van der Waals surface area contributed by atoms with E-state index in [4.69, 9.17) is 0 Å². The first-order valence-electron chi connectivity index (χ1n) is 6.70. The van der Waals surface area contributed by atoms with Gasteiger partial charge < -0.3 is 10.4 Å². The normalized spacial score (nSPS) is 17.4. The van der Waals surface area contributed by atoms with E-state index in [1.807, 2.05) is 0 Å². The van der Waals surface area contributed by atoms with E-state index in [-0.39, 0.29) is 17.6 Å². The minimum atomic E-state index is -0.435. The number of nitrogens with one attached hydrogen (secondary N) is 1. The Morgan fingerprint density at radius 3 is 2.74 bits per heavy atom. The van der Waals surface area contributed by atoms with E-state index in [1.54, 1.807) is 12.1 Å². The Bertz CT molecular complexity index is 487. The first-order chi connectivity index (χ1) is 9.20. The van der Waals surface area contributed by atoms with Crippen molar-refractivity contribution in [2.45, 2.75) is 38.1 Å². The maximum absolute atomic E-state index is 12.0. The van der Waals surface area contributed by atoms with E-state index in [0.717, 1.165) is 25.7 Å². The molecule has 1 amide bonds. The standard InChI is InChI=1S/C15H18N2O2/c16-10-14(11-5-2-1-3-6-11)17-15(19)12-7-4-8-13(18)9-12/h4,7-9,11,14,18H,1-3,5-6H2,(H,17,19). The number of aromatic hydroxyl groups is 1. The van der Waals surface area contributed by atoms with Crippen molar-refractivity contribution < 1.29 is 9.90 Å². The van der Waals surface area contributed by atoms with Crippen molar-refractivity contribution in [1.29, 1.82) is 5.26 Å². The SMILES string of the molecule is N#CC(NC(=O)c1cccc(O)c1)C1CCCCC1. The molecule has 1 aliphatic carbocycles. The summed E-state index contributed by atoms with van der Waals surface area (Å²) < 4.78 is 0. The van der Waals surface area contributed by atoms with Crippen LogP contribution in [-0.2, 0) is 0 Å². The van der Waals surface area contributed by atoms with Gasteiger partial charge in [0, 0.05) is 5.56 Å². The van der Waals surface area contributed by atoms with Crippen molar-refractivity contribution in [3.63, 3.8) is 0 Å². The van der Waals surface area contributed by atoms with E-state index in [9.17, 15) is 15.2 Å². The summed E-state index contributed by atoms with van der Waals surface area (Å²) in [7, 11) is 0. The fourth-order valence-corrected chi connectivity index (χ4v) is 2.59. The van der Waals surface area contributed by atoms with Gasteiger partial charge in [-0.3, -0.25) is 4.79 Å². The molecular formula is C15H18N2O2. The molecule has 0 radical (unpaired) electrons. The fraction of sp³-hybridized carbons (Fsp3) is 0.467. The minimum absolute atomic E-state index is 0.0545. The molecule has 2 N–H and O–H groups in total. The van der Waals surface area contributed by atoms with Gasteiger partial charge in [-0.05, 0) is 37.0 Å². The van der Waals surface area contributed by atoms with Crippen LogP contribution in [0.1, 0.15) is 42.5 Å². The molecule has 1 aliphatic rings. The summed E-state index contributed by atoms with van der Waals surface area (Å²) in [5.74, 6) is 0.00635. The van der Waals surface area contributed by atoms with Gasteiger partial charge in [0.25, 0.3) is 5.91 Å². The first-order valence-corrected chi connectivity index (χ1v) is 6.70. The van der Waals surface area contributed by atoms with Crippen LogP contribution < -0.4 is 5.32 Å². The third kappa shape index (κ3) is 3.47. The number of carbonyl (C=O) groups excluding carboxylic acids is 1. The summed E-state index contributed by atoms with van der Waals surface area (Å²) in [6.07, 6.45) is 5.47. The van der Waals surface area contributed by atoms with Gasteiger partial charge in [-0.25, -0.2) is 0 Å². The third-order valence-corrected chi connectivity index (χ3v) is 3.66. The highest BCUT2D eigenvalue weighted by Crippen LogP contribution is 2.26. The fourth-order valence-electron chi connectivity index (χ4n) is 2.59. The monoisotopic (exact) mass is 258 g/mol. The Labute approximate surface area is 113 Å². The topological polar surface area (TPSA) is 73.1 Å². The van der Waals surface area contributed by atoms with Crippen molar-refractivity contribution in [1.82, 2.24) is 5.32 Å². The van der Waals surface area contributed by atoms with E-state index in [0.29, 0.717) is 5.56 Å². The molecule has 1 saturated carbocycles. The van der Waals surface area contributed by atoms with Gasteiger partial charge in [-0.15, -0.1) is 0 Å². The van der Waals surface area contributed by atoms with Gasteiger partial charge in [-0.2, -0.15) is 5.26 Å². The van der Waals surface area contributed by atoms with Crippen LogP contribution in [0.4, 0.5) is 0 Å². The van der Waals surface area contributed by atoms with E-state index >= 15 is 0 Å². The Morgan fingerprint density at radius 1 is 1.37 bits per heavy atom. The van der Waals surface area contributed by atoms with E-state index in [2.05, 4.69) is 11.4 Å².